The highest BCUT2D eigenvalue weighted by Gasteiger charge is 2.26. The summed E-state index contributed by atoms with van der Waals surface area (Å²) in [5.41, 5.74) is -0.0772. The predicted molar refractivity (Wildman–Crippen MR) is 76.3 cm³/mol. The highest BCUT2D eigenvalue weighted by atomic mass is 19.1. The van der Waals surface area contributed by atoms with Crippen LogP contribution in [0.1, 0.15) is 29.4 Å². The Morgan fingerprint density at radius 3 is 2.59 bits per heavy atom. The van der Waals surface area contributed by atoms with Crippen LogP contribution in [-0.2, 0) is 9.53 Å². The van der Waals surface area contributed by atoms with Crippen molar-refractivity contribution in [1.29, 1.82) is 0 Å². The number of rotatable bonds is 4. The summed E-state index contributed by atoms with van der Waals surface area (Å²) in [5, 5.41) is 9.96. The van der Waals surface area contributed by atoms with Crippen LogP contribution in [0.4, 0.5) is 4.39 Å². The monoisotopic (exact) mass is 306 g/mol. The molecule has 0 fully saturated rings. The van der Waals surface area contributed by atoms with Gasteiger partial charge in [0.25, 0.3) is 0 Å². The van der Waals surface area contributed by atoms with Gasteiger partial charge >= 0.3 is 5.97 Å². The molecule has 2 rings (SSSR count). The predicted octanol–water partition coefficient (Wildman–Crippen LogP) is 2.49. The Hall–Kier alpha value is -2.63. The fraction of sp³-hybridized carbons (Fsp3) is 0.250. The SMILES string of the molecule is COC(=O)C[C@H](c1ccc(F)cc1)c1oc(C)cc(=O)c1O. The van der Waals surface area contributed by atoms with Gasteiger partial charge in [0, 0.05) is 6.07 Å². The maximum absolute atomic E-state index is 13.1. The third kappa shape index (κ3) is 3.33. The highest BCUT2D eigenvalue weighted by Crippen LogP contribution is 2.33. The molecule has 1 heterocycles. The number of halogens is 1. The third-order valence-corrected chi connectivity index (χ3v) is 3.26. The summed E-state index contributed by atoms with van der Waals surface area (Å²) in [7, 11) is 1.23. The van der Waals surface area contributed by atoms with Gasteiger partial charge in [-0.1, -0.05) is 12.1 Å². The van der Waals surface area contributed by atoms with E-state index in [4.69, 9.17) is 4.42 Å². The van der Waals surface area contributed by atoms with Crippen LogP contribution in [0.2, 0.25) is 0 Å². The van der Waals surface area contributed by atoms with E-state index < -0.39 is 28.9 Å². The normalized spacial score (nSPS) is 12.0. The summed E-state index contributed by atoms with van der Waals surface area (Å²) in [6.07, 6.45) is -0.151. The van der Waals surface area contributed by atoms with Crippen molar-refractivity contribution in [3.05, 3.63) is 63.5 Å². The van der Waals surface area contributed by atoms with Gasteiger partial charge < -0.3 is 14.3 Å². The first-order valence-corrected chi connectivity index (χ1v) is 6.58. The average molecular weight is 306 g/mol. The summed E-state index contributed by atoms with van der Waals surface area (Å²) >= 11 is 0. The zero-order valence-electron chi connectivity index (χ0n) is 12.1. The minimum Gasteiger partial charge on any atom is -0.502 e. The van der Waals surface area contributed by atoms with Crippen LogP contribution in [0.15, 0.2) is 39.5 Å². The first kappa shape index (κ1) is 15.8. The van der Waals surface area contributed by atoms with E-state index in [-0.39, 0.29) is 12.2 Å². The van der Waals surface area contributed by atoms with Crippen molar-refractivity contribution in [2.45, 2.75) is 19.3 Å². The van der Waals surface area contributed by atoms with Crippen molar-refractivity contribution in [1.82, 2.24) is 0 Å². The van der Waals surface area contributed by atoms with E-state index in [1.807, 2.05) is 0 Å². The van der Waals surface area contributed by atoms with Gasteiger partial charge in [-0.3, -0.25) is 9.59 Å². The molecular weight excluding hydrogens is 291 g/mol. The van der Waals surface area contributed by atoms with Crippen LogP contribution >= 0.6 is 0 Å². The van der Waals surface area contributed by atoms with Gasteiger partial charge in [0.1, 0.15) is 11.6 Å². The molecule has 0 amide bonds. The Labute approximate surface area is 126 Å². The lowest BCUT2D eigenvalue weighted by atomic mass is 9.92. The molecule has 0 radical (unpaired) electrons. The molecule has 0 aliphatic carbocycles. The second-order valence-electron chi connectivity index (χ2n) is 4.82. The van der Waals surface area contributed by atoms with Crippen LogP contribution in [0, 0.1) is 12.7 Å². The molecule has 0 aliphatic heterocycles. The summed E-state index contributed by atoms with van der Waals surface area (Å²) in [6.45, 7) is 1.56. The lowest BCUT2D eigenvalue weighted by molar-refractivity contribution is -0.140. The quantitative estimate of drug-likeness (QED) is 0.878. The summed E-state index contributed by atoms with van der Waals surface area (Å²) < 4.78 is 23.1. The van der Waals surface area contributed by atoms with Crippen LogP contribution in [-0.4, -0.2) is 18.2 Å². The van der Waals surface area contributed by atoms with Gasteiger partial charge in [-0.05, 0) is 24.6 Å². The molecule has 22 heavy (non-hydrogen) atoms. The summed E-state index contributed by atoms with van der Waals surface area (Å²) in [5.74, 6) is -2.03. The summed E-state index contributed by atoms with van der Waals surface area (Å²) in [6, 6.07) is 6.53. The van der Waals surface area contributed by atoms with E-state index >= 15 is 0 Å². The maximum atomic E-state index is 13.1. The van der Waals surface area contributed by atoms with Gasteiger partial charge in [-0.15, -0.1) is 0 Å². The Balaban J connectivity index is 2.56. The molecule has 1 N–H and O–H groups in total. The fourth-order valence-corrected chi connectivity index (χ4v) is 2.17. The van der Waals surface area contributed by atoms with Crippen LogP contribution in [0.5, 0.6) is 5.75 Å². The molecule has 0 bridgehead atoms. The Morgan fingerprint density at radius 2 is 2.00 bits per heavy atom. The lowest BCUT2D eigenvalue weighted by Gasteiger charge is -2.16. The van der Waals surface area contributed by atoms with Crippen molar-refractivity contribution in [3.8, 4) is 5.75 Å². The van der Waals surface area contributed by atoms with E-state index in [9.17, 15) is 19.1 Å². The first-order valence-electron chi connectivity index (χ1n) is 6.58. The molecule has 6 heteroatoms. The number of aromatic hydroxyl groups is 1. The molecule has 0 spiro atoms. The number of carbonyl (C=O) groups is 1. The largest absolute Gasteiger partial charge is 0.502 e. The zero-order chi connectivity index (χ0) is 16.3. The smallest absolute Gasteiger partial charge is 0.306 e. The number of benzene rings is 1. The fourth-order valence-electron chi connectivity index (χ4n) is 2.17. The van der Waals surface area contributed by atoms with E-state index in [2.05, 4.69) is 4.74 Å². The molecule has 1 atom stereocenters. The van der Waals surface area contributed by atoms with E-state index in [1.54, 1.807) is 6.92 Å². The molecular formula is C16H15FO5. The number of esters is 1. The Kier molecular flexibility index (Phi) is 4.60. The molecule has 0 saturated carbocycles. The Bertz CT molecular complexity index is 733. The van der Waals surface area contributed by atoms with Crippen LogP contribution in [0.25, 0.3) is 0 Å². The van der Waals surface area contributed by atoms with Gasteiger partial charge in [0.05, 0.1) is 19.4 Å². The minimum atomic E-state index is -0.749. The topological polar surface area (TPSA) is 76.7 Å². The minimum absolute atomic E-state index is 0.0398. The van der Waals surface area contributed by atoms with Crippen LogP contribution in [0.3, 0.4) is 0 Å². The second kappa shape index (κ2) is 6.43. The number of methoxy groups -OCH3 is 1. The average Bonchev–Trinajstić information content (AvgIpc) is 2.49. The molecule has 0 saturated heterocycles. The van der Waals surface area contributed by atoms with Gasteiger partial charge in [-0.25, -0.2) is 4.39 Å². The summed E-state index contributed by atoms with van der Waals surface area (Å²) in [4.78, 5) is 23.3. The van der Waals surface area contributed by atoms with Crippen molar-refractivity contribution in [3.63, 3.8) is 0 Å². The molecule has 1 aromatic carbocycles. The zero-order valence-corrected chi connectivity index (χ0v) is 12.1. The maximum Gasteiger partial charge on any atom is 0.306 e. The standard InChI is InChI=1S/C16H15FO5/c1-9-7-13(18)15(20)16(22-9)12(8-14(19)21-2)10-3-5-11(17)6-4-10/h3-7,12,20H,8H2,1-2H3/t12-/m1/s1. The van der Waals surface area contributed by atoms with Crippen LogP contribution < -0.4 is 5.43 Å². The molecule has 1 aromatic heterocycles. The van der Waals surface area contributed by atoms with E-state index in [0.717, 1.165) is 6.07 Å². The molecule has 116 valence electrons. The van der Waals surface area contributed by atoms with E-state index in [1.165, 1.54) is 31.4 Å². The number of carbonyl (C=O) groups excluding carboxylic acids is 1. The Morgan fingerprint density at radius 1 is 1.36 bits per heavy atom. The van der Waals surface area contributed by atoms with Gasteiger partial charge in [-0.2, -0.15) is 0 Å². The van der Waals surface area contributed by atoms with Gasteiger partial charge in [0.2, 0.25) is 11.2 Å². The molecule has 5 nitrogen and oxygen atoms in total. The van der Waals surface area contributed by atoms with Gasteiger partial charge in [0.15, 0.2) is 5.76 Å². The lowest BCUT2D eigenvalue weighted by Crippen LogP contribution is -2.13. The van der Waals surface area contributed by atoms with E-state index in [0.29, 0.717) is 11.3 Å². The third-order valence-electron chi connectivity index (χ3n) is 3.26. The van der Waals surface area contributed by atoms with Crippen molar-refractivity contribution >= 4 is 5.97 Å². The molecule has 2 aromatic rings. The molecule has 0 unspecified atom stereocenters. The highest BCUT2D eigenvalue weighted by molar-refractivity contribution is 5.71. The van der Waals surface area contributed by atoms with Crippen molar-refractivity contribution in [2.24, 2.45) is 0 Å². The number of ether oxygens (including phenoxy) is 1. The van der Waals surface area contributed by atoms with Crippen molar-refractivity contribution in [2.75, 3.05) is 7.11 Å². The molecule has 0 aliphatic rings. The first-order chi connectivity index (χ1) is 10.4. The van der Waals surface area contributed by atoms with Crippen molar-refractivity contribution < 1.29 is 23.4 Å². The number of hydrogen-bond acceptors (Lipinski definition) is 5. The number of hydrogen-bond donors (Lipinski definition) is 1. The second-order valence-corrected chi connectivity index (χ2v) is 4.82. The number of aryl methyl sites for hydroxylation is 1.